The summed E-state index contributed by atoms with van der Waals surface area (Å²) in [6.45, 7) is 3.50. The molecule has 21 heavy (non-hydrogen) atoms. The first-order valence-electron chi connectivity index (χ1n) is 5.85. The second kappa shape index (κ2) is 5.35. The number of nitrogens with two attached hydrogens (primary N) is 1. The van der Waals surface area contributed by atoms with Gasteiger partial charge in [-0.1, -0.05) is 6.07 Å². The van der Waals surface area contributed by atoms with E-state index in [9.17, 15) is 12.8 Å². The molecule has 0 aliphatic rings. The van der Waals surface area contributed by atoms with E-state index in [1.807, 2.05) is 6.07 Å². The van der Waals surface area contributed by atoms with Crippen molar-refractivity contribution in [2.75, 3.05) is 10.5 Å². The largest absolute Gasteiger partial charge is 0.398 e. The van der Waals surface area contributed by atoms with Crippen molar-refractivity contribution >= 4 is 32.0 Å². The van der Waals surface area contributed by atoms with Gasteiger partial charge < -0.3 is 5.73 Å². The number of nitrogens with one attached hydrogen (secondary N) is 1. The highest BCUT2D eigenvalue weighted by Crippen LogP contribution is 2.34. The molecule has 0 aliphatic heterocycles. The quantitative estimate of drug-likeness (QED) is 0.848. The monoisotopic (exact) mass is 325 g/mol. The van der Waals surface area contributed by atoms with Crippen molar-refractivity contribution in [1.29, 1.82) is 5.26 Å². The lowest BCUT2D eigenvalue weighted by Crippen LogP contribution is -2.16. The van der Waals surface area contributed by atoms with Crippen LogP contribution < -0.4 is 10.5 Å². The second-order valence-corrected chi connectivity index (χ2v) is 7.21. The molecule has 1 aromatic carbocycles. The third kappa shape index (κ3) is 2.70. The van der Waals surface area contributed by atoms with Gasteiger partial charge in [-0.05, 0) is 31.5 Å². The van der Waals surface area contributed by atoms with Gasteiger partial charge in [-0.2, -0.15) is 5.26 Å². The number of benzene rings is 1. The van der Waals surface area contributed by atoms with E-state index in [1.165, 1.54) is 12.1 Å². The molecular formula is C13H12FN3O2S2. The van der Waals surface area contributed by atoms with Gasteiger partial charge in [0.1, 0.15) is 21.8 Å². The second-order valence-electron chi connectivity index (χ2n) is 4.36. The minimum absolute atomic E-state index is 0.162. The molecule has 1 heterocycles. The summed E-state index contributed by atoms with van der Waals surface area (Å²) in [4.78, 5) is 0.198. The lowest BCUT2D eigenvalue weighted by atomic mass is 10.2. The maximum Gasteiger partial charge on any atom is 0.267 e. The fraction of sp³-hybridized carbons (Fsp3) is 0.154. The molecule has 110 valence electrons. The maximum absolute atomic E-state index is 13.8. The van der Waals surface area contributed by atoms with Crippen molar-refractivity contribution in [3.8, 4) is 6.07 Å². The van der Waals surface area contributed by atoms with Gasteiger partial charge in [0.25, 0.3) is 10.0 Å². The molecule has 0 spiro atoms. The first-order chi connectivity index (χ1) is 9.77. The van der Waals surface area contributed by atoms with E-state index in [1.54, 1.807) is 13.8 Å². The number of nitrogens with zero attached hydrogens (tertiary/aromatic N) is 1. The van der Waals surface area contributed by atoms with Crippen LogP contribution in [0.2, 0.25) is 0 Å². The number of nitriles is 1. The van der Waals surface area contributed by atoms with E-state index in [4.69, 9.17) is 11.0 Å². The Bertz CT molecular complexity index is 831. The topological polar surface area (TPSA) is 96.0 Å². The maximum atomic E-state index is 13.8. The third-order valence-corrected chi connectivity index (χ3v) is 5.68. The number of anilines is 2. The molecule has 0 aliphatic carbocycles. The number of sulfonamides is 1. The number of aryl methyl sites for hydroxylation is 1. The smallest absolute Gasteiger partial charge is 0.267 e. The molecule has 8 heteroatoms. The highest BCUT2D eigenvalue weighted by Gasteiger charge is 2.25. The van der Waals surface area contributed by atoms with Crippen LogP contribution in [0.1, 0.15) is 16.0 Å². The zero-order chi connectivity index (χ0) is 15.8. The highest BCUT2D eigenvalue weighted by atomic mass is 32.2. The van der Waals surface area contributed by atoms with Crippen molar-refractivity contribution in [2.24, 2.45) is 0 Å². The molecule has 2 aromatic rings. The number of nitrogen functional groups attached to an aromatic ring is 1. The summed E-state index contributed by atoms with van der Waals surface area (Å²) >= 11 is 1.12. The Morgan fingerprint density at radius 3 is 2.62 bits per heavy atom. The summed E-state index contributed by atoms with van der Waals surface area (Å²) in [5.74, 6) is -0.939. The van der Waals surface area contributed by atoms with Crippen LogP contribution in [0, 0.1) is 31.0 Å². The Hall–Kier alpha value is -2.11. The Kier molecular flexibility index (Phi) is 3.89. The van der Waals surface area contributed by atoms with Gasteiger partial charge >= 0.3 is 0 Å². The molecule has 0 amide bonds. The summed E-state index contributed by atoms with van der Waals surface area (Å²) in [5.41, 5.74) is 6.29. The zero-order valence-corrected chi connectivity index (χ0v) is 12.9. The minimum atomic E-state index is -4.20. The summed E-state index contributed by atoms with van der Waals surface area (Å²) in [5, 5.41) is 9.27. The van der Waals surface area contributed by atoms with E-state index in [0.717, 1.165) is 22.3 Å². The molecular weight excluding hydrogens is 313 g/mol. The molecule has 0 bridgehead atoms. The molecule has 2 rings (SSSR count). The van der Waals surface area contributed by atoms with E-state index < -0.39 is 20.7 Å². The van der Waals surface area contributed by atoms with Crippen LogP contribution in [0.4, 0.5) is 15.1 Å². The molecule has 0 unspecified atom stereocenters. The van der Waals surface area contributed by atoms with Crippen LogP contribution in [0.5, 0.6) is 0 Å². The Labute approximate surface area is 125 Å². The highest BCUT2D eigenvalue weighted by molar-refractivity contribution is 7.93. The van der Waals surface area contributed by atoms with Gasteiger partial charge in [0.05, 0.1) is 11.3 Å². The summed E-state index contributed by atoms with van der Waals surface area (Å²) in [6, 6.07) is 5.58. The van der Waals surface area contributed by atoms with E-state index in [-0.39, 0.29) is 16.3 Å². The number of hydrogen-bond donors (Lipinski definition) is 2. The normalized spacial score (nSPS) is 11.1. The van der Waals surface area contributed by atoms with Gasteiger partial charge in [-0.3, -0.25) is 4.72 Å². The summed E-state index contributed by atoms with van der Waals surface area (Å²) in [7, 11) is -4.20. The van der Waals surface area contributed by atoms with E-state index in [0.29, 0.717) is 5.56 Å². The van der Waals surface area contributed by atoms with Crippen molar-refractivity contribution in [1.82, 2.24) is 0 Å². The van der Waals surface area contributed by atoms with Crippen LogP contribution in [0.3, 0.4) is 0 Å². The average molecular weight is 325 g/mol. The van der Waals surface area contributed by atoms with Gasteiger partial charge in [0.15, 0.2) is 0 Å². The SMILES string of the molecule is Cc1sc(NS(=O)(=O)c2c(N)cccc2F)c(C#N)c1C. The van der Waals surface area contributed by atoms with Crippen LogP contribution in [-0.2, 0) is 10.0 Å². The minimum Gasteiger partial charge on any atom is -0.398 e. The lowest BCUT2D eigenvalue weighted by molar-refractivity contribution is 0.572. The Morgan fingerprint density at radius 2 is 2.05 bits per heavy atom. The molecule has 0 radical (unpaired) electrons. The summed E-state index contributed by atoms with van der Waals surface area (Å²) < 4.78 is 40.6. The standard InChI is InChI=1S/C13H12FN3O2S2/c1-7-8(2)20-13(9(7)6-15)17-21(18,19)12-10(14)4-3-5-11(12)16/h3-5,17H,16H2,1-2H3. The Morgan fingerprint density at radius 1 is 1.38 bits per heavy atom. The van der Waals surface area contributed by atoms with Gasteiger partial charge in [-0.15, -0.1) is 11.3 Å². The fourth-order valence-electron chi connectivity index (χ4n) is 1.82. The van der Waals surface area contributed by atoms with Crippen LogP contribution in [0.25, 0.3) is 0 Å². The molecule has 0 saturated heterocycles. The number of halogens is 1. The zero-order valence-electron chi connectivity index (χ0n) is 11.3. The predicted octanol–water partition coefficient (Wildman–Crippen LogP) is 2.76. The van der Waals surface area contributed by atoms with Crippen molar-refractivity contribution in [2.45, 2.75) is 18.7 Å². The Balaban J connectivity index is 2.54. The average Bonchev–Trinajstić information content (AvgIpc) is 2.62. The first kappa shape index (κ1) is 15.3. The van der Waals surface area contributed by atoms with Crippen LogP contribution >= 0.6 is 11.3 Å². The summed E-state index contributed by atoms with van der Waals surface area (Å²) in [6.07, 6.45) is 0. The molecule has 5 nitrogen and oxygen atoms in total. The van der Waals surface area contributed by atoms with Gasteiger partial charge in [0, 0.05) is 4.88 Å². The fourth-order valence-corrected chi connectivity index (χ4v) is 4.32. The van der Waals surface area contributed by atoms with Crippen molar-refractivity contribution in [3.05, 3.63) is 40.0 Å². The predicted molar refractivity (Wildman–Crippen MR) is 80.1 cm³/mol. The molecule has 0 fully saturated rings. The molecule has 0 saturated carbocycles. The lowest BCUT2D eigenvalue weighted by Gasteiger charge is -2.09. The van der Waals surface area contributed by atoms with Crippen molar-refractivity contribution < 1.29 is 12.8 Å². The van der Waals surface area contributed by atoms with Gasteiger partial charge in [0.2, 0.25) is 0 Å². The number of hydrogen-bond acceptors (Lipinski definition) is 5. The number of rotatable bonds is 3. The molecule has 0 atom stereocenters. The number of thiophene rings is 1. The van der Waals surface area contributed by atoms with Crippen LogP contribution in [-0.4, -0.2) is 8.42 Å². The van der Waals surface area contributed by atoms with Crippen LogP contribution in [0.15, 0.2) is 23.1 Å². The van der Waals surface area contributed by atoms with E-state index in [2.05, 4.69) is 4.72 Å². The third-order valence-electron chi connectivity index (χ3n) is 2.99. The molecule has 3 N–H and O–H groups in total. The first-order valence-corrected chi connectivity index (χ1v) is 8.14. The van der Waals surface area contributed by atoms with E-state index >= 15 is 0 Å². The van der Waals surface area contributed by atoms with Crippen molar-refractivity contribution in [3.63, 3.8) is 0 Å². The van der Waals surface area contributed by atoms with Gasteiger partial charge in [-0.25, -0.2) is 12.8 Å². The molecule has 1 aromatic heterocycles.